The molecule has 5 heteroatoms. The van der Waals surface area contributed by atoms with Crippen LogP contribution in [0.1, 0.15) is 32.6 Å². The lowest BCUT2D eigenvalue weighted by Gasteiger charge is -2.19. The molecule has 1 amide bonds. The number of carbonyl (C=O) groups excluding carboxylic acids is 1. The Bertz CT molecular complexity index is 234. The molecule has 0 heterocycles. The van der Waals surface area contributed by atoms with Crippen molar-refractivity contribution in [3.63, 3.8) is 0 Å². The molecule has 0 bridgehead atoms. The molecule has 17 heavy (non-hydrogen) atoms. The second kappa shape index (κ2) is 10.7. The van der Waals surface area contributed by atoms with E-state index in [0.717, 1.165) is 19.3 Å². The zero-order chi connectivity index (χ0) is 13.1. The van der Waals surface area contributed by atoms with Gasteiger partial charge in [0.2, 0.25) is 5.91 Å². The van der Waals surface area contributed by atoms with Gasteiger partial charge in [0.25, 0.3) is 0 Å². The van der Waals surface area contributed by atoms with Crippen LogP contribution in [0, 0.1) is 0 Å². The molecule has 0 radical (unpaired) electrons. The maximum atomic E-state index is 11.1. The van der Waals surface area contributed by atoms with Crippen LogP contribution in [0.4, 0.5) is 0 Å². The van der Waals surface area contributed by atoms with Gasteiger partial charge in [0.15, 0.2) is 0 Å². The van der Waals surface area contributed by atoms with E-state index in [4.69, 9.17) is 5.11 Å². The number of nitrogens with one attached hydrogen (secondary N) is 1. The quantitative estimate of drug-likeness (QED) is 0.342. The van der Waals surface area contributed by atoms with E-state index >= 15 is 0 Å². The molecule has 0 aliphatic rings. The van der Waals surface area contributed by atoms with Gasteiger partial charge >= 0.3 is 0 Å². The van der Waals surface area contributed by atoms with Crippen LogP contribution in [0.2, 0.25) is 0 Å². The van der Waals surface area contributed by atoms with Crippen molar-refractivity contribution in [3.05, 3.63) is 12.2 Å². The number of amides is 1. The van der Waals surface area contributed by atoms with Crippen LogP contribution < -0.4 is 5.32 Å². The first-order chi connectivity index (χ1) is 8.15. The second-order valence-corrected chi connectivity index (χ2v) is 4.47. The molecule has 4 nitrogen and oxygen atoms in total. The standard InChI is InChI=1S/C12H22BrNO3/c1-2-3-4-5-6-7-11(16)10(9-15)14-12(17)8-13/h6-7,10-11,15-16H,2-5,8-9H2,1H3,(H,14,17)/b7-6+/t10?,11-/m1/s1. The SMILES string of the molecule is CCCCC/C=C/[C@@H](O)C(CO)NC(=O)CBr. The zero-order valence-corrected chi connectivity index (χ0v) is 11.8. The highest BCUT2D eigenvalue weighted by atomic mass is 79.9. The molecule has 100 valence electrons. The fourth-order valence-electron chi connectivity index (χ4n) is 1.37. The second-order valence-electron chi connectivity index (χ2n) is 3.90. The van der Waals surface area contributed by atoms with Gasteiger partial charge in [-0.1, -0.05) is 47.8 Å². The van der Waals surface area contributed by atoms with E-state index in [0.29, 0.717) is 0 Å². The van der Waals surface area contributed by atoms with Gasteiger partial charge in [-0.2, -0.15) is 0 Å². The van der Waals surface area contributed by atoms with Crippen molar-refractivity contribution < 1.29 is 15.0 Å². The van der Waals surface area contributed by atoms with Crippen molar-refractivity contribution in [2.75, 3.05) is 11.9 Å². The summed E-state index contributed by atoms with van der Waals surface area (Å²) in [6.45, 7) is 1.86. The Morgan fingerprint density at radius 1 is 1.47 bits per heavy atom. The maximum absolute atomic E-state index is 11.1. The number of unbranched alkanes of at least 4 members (excludes halogenated alkanes) is 3. The number of aliphatic hydroxyl groups is 2. The number of carbonyl (C=O) groups is 1. The summed E-state index contributed by atoms with van der Waals surface area (Å²) in [4.78, 5) is 11.1. The maximum Gasteiger partial charge on any atom is 0.231 e. The molecule has 0 saturated carbocycles. The highest BCUT2D eigenvalue weighted by molar-refractivity contribution is 9.09. The van der Waals surface area contributed by atoms with Gasteiger partial charge in [-0.25, -0.2) is 0 Å². The highest BCUT2D eigenvalue weighted by Crippen LogP contribution is 2.02. The lowest BCUT2D eigenvalue weighted by molar-refractivity contribution is -0.120. The Hall–Kier alpha value is -0.390. The number of halogens is 1. The van der Waals surface area contributed by atoms with Gasteiger partial charge in [0.1, 0.15) is 0 Å². The molecular weight excluding hydrogens is 286 g/mol. The monoisotopic (exact) mass is 307 g/mol. The first-order valence-electron chi connectivity index (χ1n) is 5.96. The van der Waals surface area contributed by atoms with E-state index in [1.807, 2.05) is 6.08 Å². The summed E-state index contributed by atoms with van der Waals surface area (Å²) in [5, 5.41) is 21.5. The zero-order valence-electron chi connectivity index (χ0n) is 10.2. The largest absolute Gasteiger partial charge is 0.394 e. The third kappa shape index (κ3) is 8.35. The number of rotatable bonds is 9. The first-order valence-corrected chi connectivity index (χ1v) is 7.08. The molecule has 2 atom stereocenters. The van der Waals surface area contributed by atoms with E-state index in [1.54, 1.807) is 6.08 Å². The van der Waals surface area contributed by atoms with Gasteiger partial charge in [-0.15, -0.1) is 0 Å². The van der Waals surface area contributed by atoms with Crippen molar-refractivity contribution in [3.8, 4) is 0 Å². The predicted octanol–water partition coefficient (Wildman–Crippen LogP) is 1.36. The fourth-order valence-corrected chi connectivity index (χ4v) is 1.53. The van der Waals surface area contributed by atoms with E-state index in [-0.39, 0.29) is 17.8 Å². The lowest BCUT2D eigenvalue weighted by atomic mass is 10.1. The molecule has 0 spiro atoms. The topological polar surface area (TPSA) is 69.6 Å². The van der Waals surface area contributed by atoms with Crippen molar-refractivity contribution in [2.45, 2.75) is 44.8 Å². The summed E-state index contributed by atoms with van der Waals surface area (Å²) >= 11 is 3.01. The smallest absolute Gasteiger partial charge is 0.231 e. The molecule has 0 fully saturated rings. The summed E-state index contributed by atoms with van der Waals surface area (Å²) in [5.41, 5.74) is 0. The molecule has 3 N–H and O–H groups in total. The van der Waals surface area contributed by atoms with Crippen molar-refractivity contribution >= 4 is 21.8 Å². The minimum absolute atomic E-state index is 0.163. The average molecular weight is 308 g/mol. The van der Waals surface area contributed by atoms with Crippen LogP contribution >= 0.6 is 15.9 Å². The van der Waals surface area contributed by atoms with Gasteiger partial charge in [0.05, 0.1) is 24.1 Å². The summed E-state index contributed by atoms with van der Waals surface area (Å²) in [5.74, 6) is -0.248. The summed E-state index contributed by atoms with van der Waals surface area (Å²) in [6, 6.07) is -0.637. The van der Waals surface area contributed by atoms with Gasteiger partial charge < -0.3 is 15.5 Å². The average Bonchev–Trinajstić information content (AvgIpc) is 2.34. The van der Waals surface area contributed by atoms with Gasteiger partial charge in [-0.05, 0) is 12.8 Å². The van der Waals surface area contributed by atoms with Crippen LogP contribution in [0.3, 0.4) is 0 Å². The Balaban J connectivity index is 3.97. The van der Waals surface area contributed by atoms with Crippen LogP contribution in [0.25, 0.3) is 0 Å². The number of allylic oxidation sites excluding steroid dienone is 1. The van der Waals surface area contributed by atoms with Crippen LogP contribution in [0.5, 0.6) is 0 Å². The summed E-state index contributed by atoms with van der Waals surface area (Å²) < 4.78 is 0. The van der Waals surface area contributed by atoms with Crippen molar-refractivity contribution in [1.29, 1.82) is 0 Å². The Kier molecular flexibility index (Phi) is 10.5. The molecule has 0 aliphatic heterocycles. The van der Waals surface area contributed by atoms with E-state index < -0.39 is 12.1 Å². The number of hydrogen-bond acceptors (Lipinski definition) is 3. The number of aliphatic hydroxyl groups excluding tert-OH is 2. The van der Waals surface area contributed by atoms with Crippen molar-refractivity contribution in [1.82, 2.24) is 5.32 Å². The first kappa shape index (κ1) is 16.6. The number of hydrogen-bond donors (Lipinski definition) is 3. The molecule has 0 aromatic carbocycles. The van der Waals surface area contributed by atoms with Crippen LogP contribution in [-0.4, -0.2) is 40.2 Å². The lowest BCUT2D eigenvalue weighted by Crippen LogP contribution is -2.45. The molecule has 1 unspecified atom stereocenters. The minimum atomic E-state index is -0.843. The molecule has 0 saturated heterocycles. The normalized spacial score (nSPS) is 14.8. The van der Waals surface area contributed by atoms with Crippen molar-refractivity contribution in [2.24, 2.45) is 0 Å². The number of alkyl halides is 1. The molecule has 0 aromatic rings. The van der Waals surface area contributed by atoms with Gasteiger partial charge in [-0.3, -0.25) is 4.79 Å². The molecular formula is C12H22BrNO3. The Labute approximate surface area is 111 Å². The Morgan fingerprint density at radius 2 is 2.18 bits per heavy atom. The fraction of sp³-hybridized carbons (Fsp3) is 0.750. The predicted molar refractivity (Wildman–Crippen MR) is 72.1 cm³/mol. The van der Waals surface area contributed by atoms with Crippen LogP contribution in [-0.2, 0) is 4.79 Å². The summed E-state index contributed by atoms with van der Waals surface area (Å²) in [7, 11) is 0. The minimum Gasteiger partial charge on any atom is -0.394 e. The molecule has 0 aliphatic carbocycles. The van der Waals surface area contributed by atoms with E-state index in [2.05, 4.69) is 28.2 Å². The van der Waals surface area contributed by atoms with Gasteiger partial charge in [0, 0.05) is 0 Å². The third-order valence-electron chi connectivity index (χ3n) is 2.38. The molecule has 0 rings (SSSR count). The van der Waals surface area contributed by atoms with E-state index in [9.17, 15) is 9.90 Å². The molecule has 0 aromatic heterocycles. The third-order valence-corrected chi connectivity index (χ3v) is 2.89. The Morgan fingerprint density at radius 3 is 2.71 bits per heavy atom. The highest BCUT2D eigenvalue weighted by Gasteiger charge is 2.17. The van der Waals surface area contributed by atoms with E-state index in [1.165, 1.54) is 6.42 Å². The van der Waals surface area contributed by atoms with Crippen LogP contribution in [0.15, 0.2) is 12.2 Å². The summed E-state index contributed by atoms with van der Waals surface area (Å²) in [6.07, 6.45) is 7.02.